The highest BCUT2D eigenvalue weighted by molar-refractivity contribution is 5.92. The Balaban J connectivity index is 2.39. The second-order valence-corrected chi connectivity index (χ2v) is 4.02. The van der Waals surface area contributed by atoms with Gasteiger partial charge in [-0.25, -0.2) is 4.79 Å². The fourth-order valence-electron chi connectivity index (χ4n) is 1.77. The van der Waals surface area contributed by atoms with Crippen molar-refractivity contribution in [3.8, 4) is 23.0 Å². The SMILES string of the molecule is CCOC(=O)c1nc(-c2ccc(OC)c(OC)c2)oc1N. The first-order valence-corrected chi connectivity index (χ1v) is 6.26. The second kappa shape index (κ2) is 6.17. The highest BCUT2D eigenvalue weighted by atomic mass is 16.5. The predicted octanol–water partition coefficient (Wildman–Crippen LogP) is 2.12. The number of benzene rings is 1. The summed E-state index contributed by atoms with van der Waals surface area (Å²) in [6, 6.07) is 5.11. The van der Waals surface area contributed by atoms with E-state index in [2.05, 4.69) is 4.98 Å². The minimum absolute atomic E-state index is 0.0402. The lowest BCUT2D eigenvalue weighted by Gasteiger charge is -2.07. The summed E-state index contributed by atoms with van der Waals surface area (Å²) >= 11 is 0. The van der Waals surface area contributed by atoms with E-state index in [1.54, 1.807) is 32.2 Å². The zero-order chi connectivity index (χ0) is 15.4. The number of aromatic nitrogens is 1. The zero-order valence-electron chi connectivity index (χ0n) is 12.0. The molecule has 7 heteroatoms. The van der Waals surface area contributed by atoms with Crippen molar-refractivity contribution in [1.82, 2.24) is 4.98 Å². The Morgan fingerprint density at radius 3 is 2.62 bits per heavy atom. The molecule has 0 unspecified atom stereocenters. The average Bonchev–Trinajstić information content (AvgIpc) is 2.88. The van der Waals surface area contributed by atoms with E-state index in [1.165, 1.54) is 7.11 Å². The fraction of sp³-hybridized carbons (Fsp3) is 0.286. The van der Waals surface area contributed by atoms with Gasteiger partial charge in [-0.05, 0) is 25.1 Å². The molecule has 2 rings (SSSR count). The summed E-state index contributed by atoms with van der Waals surface area (Å²) in [5.74, 6) is 0.594. The number of esters is 1. The first kappa shape index (κ1) is 14.7. The Labute approximate surface area is 121 Å². The van der Waals surface area contributed by atoms with E-state index < -0.39 is 5.97 Å². The third-order valence-electron chi connectivity index (χ3n) is 2.75. The van der Waals surface area contributed by atoms with Gasteiger partial charge in [-0.3, -0.25) is 0 Å². The second-order valence-electron chi connectivity index (χ2n) is 4.02. The average molecular weight is 292 g/mol. The largest absolute Gasteiger partial charge is 0.493 e. The Morgan fingerprint density at radius 2 is 2.00 bits per heavy atom. The highest BCUT2D eigenvalue weighted by Crippen LogP contribution is 2.33. The van der Waals surface area contributed by atoms with Gasteiger partial charge in [0, 0.05) is 5.56 Å². The molecule has 0 aliphatic carbocycles. The van der Waals surface area contributed by atoms with E-state index in [1.807, 2.05) is 0 Å². The number of carbonyl (C=O) groups excluding carboxylic acids is 1. The molecule has 7 nitrogen and oxygen atoms in total. The molecule has 0 aliphatic rings. The molecule has 0 bridgehead atoms. The molecule has 0 aliphatic heterocycles. The smallest absolute Gasteiger partial charge is 0.362 e. The van der Waals surface area contributed by atoms with Crippen LogP contribution in [0.15, 0.2) is 22.6 Å². The predicted molar refractivity (Wildman–Crippen MR) is 75.4 cm³/mol. The van der Waals surface area contributed by atoms with Gasteiger partial charge in [0.1, 0.15) is 0 Å². The van der Waals surface area contributed by atoms with Crippen molar-refractivity contribution in [3.05, 3.63) is 23.9 Å². The van der Waals surface area contributed by atoms with Crippen LogP contribution in [0.5, 0.6) is 11.5 Å². The Bertz CT molecular complexity index is 651. The Hall–Kier alpha value is -2.70. The summed E-state index contributed by atoms with van der Waals surface area (Å²) in [5, 5.41) is 0. The van der Waals surface area contributed by atoms with Crippen LogP contribution in [-0.4, -0.2) is 31.8 Å². The first-order chi connectivity index (χ1) is 10.1. The number of nitrogens with zero attached hydrogens (tertiary/aromatic N) is 1. The van der Waals surface area contributed by atoms with Crippen LogP contribution in [-0.2, 0) is 4.74 Å². The summed E-state index contributed by atoms with van der Waals surface area (Å²) in [6.45, 7) is 1.93. The minimum Gasteiger partial charge on any atom is -0.493 e. The van der Waals surface area contributed by atoms with Gasteiger partial charge in [-0.1, -0.05) is 0 Å². The molecule has 0 radical (unpaired) electrons. The van der Waals surface area contributed by atoms with E-state index in [0.717, 1.165) is 0 Å². The van der Waals surface area contributed by atoms with E-state index >= 15 is 0 Å². The number of carbonyl (C=O) groups is 1. The van der Waals surface area contributed by atoms with Gasteiger partial charge in [0.25, 0.3) is 0 Å². The van der Waals surface area contributed by atoms with Crippen molar-refractivity contribution < 1.29 is 23.4 Å². The molecular weight excluding hydrogens is 276 g/mol. The van der Waals surface area contributed by atoms with Crippen molar-refractivity contribution in [2.24, 2.45) is 0 Å². The number of hydrogen-bond acceptors (Lipinski definition) is 7. The van der Waals surface area contributed by atoms with Crippen LogP contribution in [0.25, 0.3) is 11.5 Å². The molecule has 2 N–H and O–H groups in total. The maximum atomic E-state index is 11.7. The lowest BCUT2D eigenvalue weighted by molar-refractivity contribution is 0.0521. The third-order valence-corrected chi connectivity index (χ3v) is 2.75. The number of nitrogen functional groups attached to an aromatic ring is 1. The molecular formula is C14H16N2O5. The van der Waals surface area contributed by atoms with Gasteiger partial charge >= 0.3 is 5.97 Å². The molecule has 1 aromatic carbocycles. The van der Waals surface area contributed by atoms with Crippen LogP contribution in [0.3, 0.4) is 0 Å². The molecule has 0 saturated heterocycles. The molecule has 0 spiro atoms. The van der Waals surface area contributed by atoms with Crippen molar-refractivity contribution in [2.75, 3.05) is 26.6 Å². The lowest BCUT2D eigenvalue weighted by Crippen LogP contribution is -2.07. The van der Waals surface area contributed by atoms with Crippen LogP contribution >= 0.6 is 0 Å². The van der Waals surface area contributed by atoms with Crippen molar-refractivity contribution in [2.45, 2.75) is 6.92 Å². The van der Waals surface area contributed by atoms with Crippen molar-refractivity contribution >= 4 is 11.9 Å². The minimum atomic E-state index is -0.620. The van der Waals surface area contributed by atoms with Crippen molar-refractivity contribution in [1.29, 1.82) is 0 Å². The number of hydrogen-bond donors (Lipinski definition) is 1. The molecule has 2 aromatic rings. The van der Waals surface area contributed by atoms with E-state index in [0.29, 0.717) is 17.1 Å². The molecule has 0 atom stereocenters. The first-order valence-electron chi connectivity index (χ1n) is 6.26. The van der Waals surface area contributed by atoms with Crippen LogP contribution in [0, 0.1) is 0 Å². The normalized spacial score (nSPS) is 10.2. The highest BCUT2D eigenvalue weighted by Gasteiger charge is 2.20. The molecule has 0 fully saturated rings. The van der Waals surface area contributed by atoms with Gasteiger partial charge in [0.2, 0.25) is 17.5 Å². The topological polar surface area (TPSA) is 96.8 Å². The number of rotatable bonds is 5. The molecule has 1 heterocycles. The van der Waals surface area contributed by atoms with E-state index in [4.69, 9.17) is 24.4 Å². The Morgan fingerprint density at radius 1 is 1.29 bits per heavy atom. The number of ether oxygens (including phenoxy) is 3. The molecule has 1 aromatic heterocycles. The van der Waals surface area contributed by atoms with Gasteiger partial charge in [-0.2, -0.15) is 4.98 Å². The molecule has 0 saturated carbocycles. The summed E-state index contributed by atoms with van der Waals surface area (Å²) in [7, 11) is 3.06. The van der Waals surface area contributed by atoms with Crippen molar-refractivity contribution in [3.63, 3.8) is 0 Å². The summed E-state index contributed by atoms with van der Waals surface area (Å²) in [6.07, 6.45) is 0. The zero-order valence-corrected chi connectivity index (χ0v) is 12.0. The van der Waals surface area contributed by atoms with Gasteiger partial charge in [-0.15, -0.1) is 0 Å². The maximum Gasteiger partial charge on any atom is 0.362 e. The number of oxazole rings is 1. The van der Waals surface area contributed by atoms with Crippen LogP contribution in [0.4, 0.5) is 5.88 Å². The van der Waals surface area contributed by atoms with Crippen LogP contribution in [0.2, 0.25) is 0 Å². The molecule has 112 valence electrons. The molecule has 21 heavy (non-hydrogen) atoms. The van der Waals surface area contributed by atoms with Crippen LogP contribution in [0.1, 0.15) is 17.4 Å². The summed E-state index contributed by atoms with van der Waals surface area (Å²) in [5.41, 5.74) is 6.22. The maximum absolute atomic E-state index is 11.7. The van der Waals surface area contributed by atoms with Gasteiger partial charge in [0.15, 0.2) is 11.5 Å². The summed E-state index contributed by atoms with van der Waals surface area (Å²) in [4.78, 5) is 15.7. The van der Waals surface area contributed by atoms with Gasteiger partial charge < -0.3 is 24.4 Å². The Kier molecular flexibility index (Phi) is 4.32. The quantitative estimate of drug-likeness (QED) is 0.843. The number of anilines is 1. The van der Waals surface area contributed by atoms with E-state index in [9.17, 15) is 4.79 Å². The number of nitrogens with two attached hydrogens (primary N) is 1. The van der Waals surface area contributed by atoms with Gasteiger partial charge in [0.05, 0.1) is 20.8 Å². The standard InChI is InChI=1S/C14H16N2O5/c1-4-20-14(17)11-12(15)21-13(16-11)8-5-6-9(18-2)10(7-8)19-3/h5-7H,4,15H2,1-3H3. The third kappa shape index (κ3) is 2.91. The van der Waals surface area contributed by atoms with E-state index in [-0.39, 0.29) is 24.1 Å². The molecule has 0 amide bonds. The lowest BCUT2D eigenvalue weighted by atomic mass is 10.2. The fourth-order valence-corrected chi connectivity index (χ4v) is 1.77. The number of methoxy groups -OCH3 is 2. The monoisotopic (exact) mass is 292 g/mol. The van der Waals surface area contributed by atoms with Crippen LogP contribution < -0.4 is 15.2 Å². The summed E-state index contributed by atoms with van der Waals surface area (Å²) < 4.78 is 20.5.